The van der Waals surface area contributed by atoms with E-state index in [1.807, 2.05) is 0 Å². The summed E-state index contributed by atoms with van der Waals surface area (Å²) in [6, 6.07) is 0. The number of hydrogen-bond donors (Lipinski definition) is 0. The predicted octanol–water partition coefficient (Wildman–Crippen LogP) is 18.5. The van der Waals surface area contributed by atoms with Crippen LogP contribution in [0.1, 0.15) is 297 Å². The summed E-state index contributed by atoms with van der Waals surface area (Å²) in [4.78, 5) is 37.8. The molecule has 0 saturated heterocycles. The molecule has 0 bridgehead atoms. The summed E-state index contributed by atoms with van der Waals surface area (Å²) in [7, 11) is 0. The van der Waals surface area contributed by atoms with Crippen LogP contribution in [0.3, 0.4) is 0 Å². The van der Waals surface area contributed by atoms with E-state index in [1.54, 1.807) is 0 Å². The molecular weight excluding hydrogens is 793 g/mol. The number of carbonyl (C=O) groups is 3. The maximum absolute atomic E-state index is 12.8. The second-order valence-corrected chi connectivity index (χ2v) is 18.8. The Morgan fingerprint density at radius 3 is 0.875 bits per heavy atom. The zero-order valence-corrected chi connectivity index (χ0v) is 42.8. The summed E-state index contributed by atoms with van der Waals surface area (Å²) in [6.45, 7) is 6.59. The van der Waals surface area contributed by atoms with Crippen molar-refractivity contribution in [2.75, 3.05) is 13.2 Å². The van der Waals surface area contributed by atoms with Gasteiger partial charge in [0.1, 0.15) is 13.2 Å². The standard InChI is InChI=1S/C58H106O6/c1-4-7-10-13-16-18-20-22-24-25-26-27-28-29-30-31-32-33-34-36-37-39-42-45-48-51-57(60)63-54-55(53-62-56(59)50-47-44-41-15-12-9-6-3)64-58(61)52-49-46-43-40-38-35-23-21-19-17-14-11-8-5-2/h20-23,25-26,55H,4-19,24,27-54H2,1-3H3/b22-20-,23-21-,26-25-. The van der Waals surface area contributed by atoms with Gasteiger partial charge in [0.25, 0.3) is 0 Å². The zero-order chi connectivity index (χ0) is 46.5. The Morgan fingerprint density at radius 1 is 0.312 bits per heavy atom. The topological polar surface area (TPSA) is 78.9 Å². The van der Waals surface area contributed by atoms with Gasteiger partial charge in [0.15, 0.2) is 6.10 Å². The lowest BCUT2D eigenvalue weighted by Crippen LogP contribution is -2.30. The quantitative estimate of drug-likeness (QED) is 0.0262. The number of allylic oxidation sites excluding steroid dienone is 6. The maximum atomic E-state index is 12.8. The van der Waals surface area contributed by atoms with Crippen molar-refractivity contribution < 1.29 is 28.6 Å². The molecule has 0 aliphatic rings. The molecule has 1 unspecified atom stereocenters. The van der Waals surface area contributed by atoms with E-state index in [0.29, 0.717) is 19.3 Å². The molecule has 1 atom stereocenters. The molecule has 374 valence electrons. The van der Waals surface area contributed by atoms with Gasteiger partial charge in [0.2, 0.25) is 0 Å². The Balaban J connectivity index is 4.12. The maximum Gasteiger partial charge on any atom is 0.306 e. The molecule has 0 aliphatic heterocycles. The van der Waals surface area contributed by atoms with Gasteiger partial charge in [-0.2, -0.15) is 0 Å². The number of unbranched alkanes of at least 4 members (excludes halogenated alkanes) is 34. The highest BCUT2D eigenvalue weighted by molar-refractivity contribution is 5.71. The molecule has 0 radical (unpaired) electrons. The normalized spacial score (nSPS) is 12.2. The second-order valence-electron chi connectivity index (χ2n) is 18.8. The lowest BCUT2D eigenvalue weighted by molar-refractivity contribution is -0.167. The molecule has 0 aromatic carbocycles. The molecule has 0 amide bonds. The Morgan fingerprint density at radius 2 is 0.562 bits per heavy atom. The number of carbonyl (C=O) groups excluding carboxylic acids is 3. The molecule has 0 spiro atoms. The van der Waals surface area contributed by atoms with Crippen LogP contribution in [-0.2, 0) is 28.6 Å². The molecular formula is C58H106O6. The van der Waals surface area contributed by atoms with Gasteiger partial charge in [-0.1, -0.05) is 237 Å². The van der Waals surface area contributed by atoms with Crippen molar-refractivity contribution in [1.29, 1.82) is 0 Å². The minimum Gasteiger partial charge on any atom is -0.462 e. The van der Waals surface area contributed by atoms with Crippen LogP contribution < -0.4 is 0 Å². The Hall–Kier alpha value is -2.37. The first kappa shape index (κ1) is 61.6. The number of rotatable bonds is 51. The SMILES string of the molecule is CCCCCCC/C=C\C/C=C\CCCCCCCCCCCCCCCC(=O)OCC(COC(=O)CCCCCCCCC)OC(=O)CCCCCCC/C=C\CCCCCCC. The molecule has 0 rings (SSSR count). The molecule has 0 aromatic heterocycles. The number of ether oxygens (including phenoxy) is 3. The van der Waals surface area contributed by atoms with Gasteiger partial charge >= 0.3 is 17.9 Å². The van der Waals surface area contributed by atoms with Gasteiger partial charge in [-0.25, -0.2) is 0 Å². The lowest BCUT2D eigenvalue weighted by atomic mass is 10.0. The molecule has 6 heteroatoms. The second kappa shape index (κ2) is 53.2. The van der Waals surface area contributed by atoms with Crippen molar-refractivity contribution in [2.24, 2.45) is 0 Å². The molecule has 0 heterocycles. The fraction of sp³-hybridized carbons (Fsp3) is 0.845. The molecule has 6 nitrogen and oxygen atoms in total. The van der Waals surface area contributed by atoms with Gasteiger partial charge in [0.05, 0.1) is 0 Å². The van der Waals surface area contributed by atoms with Gasteiger partial charge in [-0.3, -0.25) is 14.4 Å². The summed E-state index contributed by atoms with van der Waals surface area (Å²) in [5, 5.41) is 0. The summed E-state index contributed by atoms with van der Waals surface area (Å²) in [6.07, 6.45) is 63.0. The fourth-order valence-electron chi connectivity index (χ4n) is 8.12. The third kappa shape index (κ3) is 50.6. The van der Waals surface area contributed by atoms with Crippen molar-refractivity contribution in [3.63, 3.8) is 0 Å². The van der Waals surface area contributed by atoms with Crippen molar-refractivity contribution in [2.45, 2.75) is 303 Å². The van der Waals surface area contributed by atoms with Gasteiger partial charge in [0, 0.05) is 19.3 Å². The molecule has 64 heavy (non-hydrogen) atoms. The molecule has 0 fully saturated rings. The van der Waals surface area contributed by atoms with Crippen LogP contribution >= 0.6 is 0 Å². The number of hydrogen-bond acceptors (Lipinski definition) is 6. The Bertz CT molecular complexity index is 1080. The molecule has 0 aromatic rings. The average molecular weight is 899 g/mol. The van der Waals surface area contributed by atoms with Gasteiger partial charge in [-0.15, -0.1) is 0 Å². The first-order chi connectivity index (χ1) is 31.5. The highest BCUT2D eigenvalue weighted by atomic mass is 16.6. The summed E-state index contributed by atoms with van der Waals surface area (Å²) < 4.78 is 16.8. The zero-order valence-electron chi connectivity index (χ0n) is 42.8. The summed E-state index contributed by atoms with van der Waals surface area (Å²) >= 11 is 0. The monoisotopic (exact) mass is 899 g/mol. The summed E-state index contributed by atoms with van der Waals surface area (Å²) in [5.41, 5.74) is 0. The minimum atomic E-state index is -0.771. The predicted molar refractivity (Wildman–Crippen MR) is 275 cm³/mol. The van der Waals surface area contributed by atoms with Crippen LogP contribution in [0.2, 0.25) is 0 Å². The van der Waals surface area contributed by atoms with Crippen LogP contribution in [0, 0.1) is 0 Å². The summed E-state index contributed by atoms with van der Waals surface area (Å²) in [5.74, 6) is -0.877. The third-order valence-corrected chi connectivity index (χ3v) is 12.4. The van der Waals surface area contributed by atoms with Crippen molar-refractivity contribution in [3.8, 4) is 0 Å². The fourth-order valence-corrected chi connectivity index (χ4v) is 8.12. The molecule has 0 N–H and O–H groups in total. The third-order valence-electron chi connectivity index (χ3n) is 12.4. The van der Waals surface area contributed by atoms with Crippen molar-refractivity contribution in [3.05, 3.63) is 36.5 Å². The van der Waals surface area contributed by atoms with Gasteiger partial charge in [-0.05, 0) is 77.0 Å². The highest BCUT2D eigenvalue weighted by Gasteiger charge is 2.19. The Kier molecular flexibility index (Phi) is 51.3. The van der Waals surface area contributed by atoms with E-state index in [0.717, 1.165) is 70.6 Å². The Labute approximate surface area is 397 Å². The van der Waals surface area contributed by atoms with Crippen molar-refractivity contribution >= 4 is 17.9 Å². The number of esters is 3. The van der Waals surface area contributed by atoms with Crippen molar-refractivity contribution in [1.82, 2.24) is 0 Å². The lowest BCUT2D eigenvalue weighted by Gasteiger charge is -2.18. The molecule has 0 saturated carbocycles. The van der Waals surface area contributed by atoms with Crippen LogP contribution in [0.4, 0.5) is 0 Å². The van der Waals surface area contributed by atoms with E-state index in [-0.39, 0.29) is 31.1 Å². The van der Waals surface area contributed by atoms with E-state index in [2.05, 4.69) is 57.2 Å². The van der Waals surface area contributed by atoms with Gasteiger partial charge < -0.3 is 14.2 Å². The van der Waals surface area contributed by atoms with E-state index >= 15 is 0 Å². The van der Waals surface area contributed by atoms with E-state index in [9.17, 15) is 14.4 Å². The largest absolute Gasteiger partial charge is 0.462 e. The minimum absolute atomic E-state index is 0.0731. The highest BCUT2D eigenvalue weighted by Crippen LogP contribution is 2.16. The van der Waals surface area contributed by atoms with E-state index < -0.39 is 6.10 Å². The average Bonchev–Trinajstić information content (AvgIpc) is 3.29. The van der Waals surface area contributed by atoms with E-state index in [4.69, 9.17) is 14.2 Å². The van der Waals surface area contributed by atoms with Crippen LogP contribution in [-0.4, -0.2) is 37.2 Å². The van der Waals surface area contributed by atoms with Crippen LogP contribution in [0.5, 0.6) is 0 Å². The van der Waals surface area contributed by atoms with E-state index in [1.165, 1.54) is 186 Å². The molecule has 0 aliphatic carbocycles. The first-order valence-electron chi connectivity index (χ1n) is 28.0. The smallest absolute Gasteiger partial charge is 0.306 e. The first-order valence-corrected chi connectivity index (χ1v) is 28.0. The van der Waals surface area contributed by atoms with Crippen LogP contribution in [0.25, 0.3) is 0 Å². The van der Waals surface area contributed by atoms with Crippen LogP contribution in [0.15, 0.2) is 36.5 Å².